The molecule has 3 aliphatic rings. The lowest BCUT2D eigenvalue weighted by atomic mass is 9.80. The molecule has 0 aliphatic carbocycles. The van der Waals surface area contributed by atoms with Crippen molar-refractivity contribution in [2.75, 3.05) is 45.4 Å². The predicted molar refractivity (Wildman–Crippen MR) is 209 cm³/mol. The van der Waals surface area contributed by atoms with E-state index in [4.69, 9.17) is 29.9 Å². The molecule has 0 aromatic carbocycles. The molecule has 20 nitrogen and oxygen atoms in total. The molecule has 3 aliphatic heterocycles. The Kier molecular flexibility index (Phi) is 14.3. The number of carboxylic acid groups (broad SMARTS) is 2. The monoisotopic (exact) mass is 862 g/mol. The van der Waals surface area contributed by atoms with Crippen molar-refractivity contribution >= 4 is 61.4 Å². The molecule has 0 bridgehead atoms. The van der Waals surface area contributed by atoms with E-state index in [1.807, 2.05) is 27.7 Å². The summed E-state index contributed by atoms with van der Waals surface area (Å²) in [7, 11) is -6.26. The van der Waals surface area contributed by atoms with Crippen LogP contribution in [-0.2, 0) is 56.3 Å². The summed E-state index contributed by atoms with van der Waals surface area (Å²) in [5, 5.41) is 19.5. The molecule has 0 radical (unpaired) electrons. The van der Waals surface area contributed by atoms with E-state index in [1.54, 1.807) is 52.0 Å². The third kappa shape index (κ3) is 11.9. The number of aliphatic carboxylic acids is 2. The number of carbonyl (C=O) groups is 4. The summed E-state index contributed by atoms with van der Waals surface area (Å²) in [5.41, 5.74) is 1.07. The van der Waals surface area contributed by atoms with E-state index >= 15 is 0 Å². The fourth-order valence-electron chi connectivity index (χ4n) is 6.27. The van der Waals surface area contributed by atoms with Crippen LogP contribution in [0, 0.1) is 5.41 Å². The largest absolute Gasteiger partial charge is 0.748 e. The number of likely N-dealkylation sites (N-methyl/N-ethyl adjacent to an activating group) is 1. The molecule has 0 fully saturated rings. The Bertz CT molecular complexity index is 2340. The molecule has 2 amide bonds. The highest BCUT2D eigenvalue weighted by Gasteiger charge is 2.44. The molecule has 0 spiro atoms. The molecule has 4 heterocycles. The summed E-state index contributed by atoms with van der Waals surface area (Å²) in [6, 6.07) is 1.60. The van der Waals surface area contributed by atoms with Gasteiger partial charge in [-0.1, -0.05) is 32.1 Å². The van der Waals surface area contributed by atoms with Crippen LogP contribution in [0.3, 0.4) is 0 Å². The van der Waals surface area contributed by atoms with Crippen molar-refractivity contribution in [3.63, 3.8) is 0 Å². The number of pyridine rings is 1. The van der Waals surface area contributed by atoms with E-state index in [9.17, 15) is 45.1 Å². The zero-order chi connectivity index (χ0) is 44.1. The SMILES string of the molecule is CN(OCC(=O)O)C(=O)C1=CN(CCCS(=O)(=O)O)C2=N/C(=C/C=C/C=C/C3=Nc4c(cc(C(=O)N(C)OCC(=O)O)c[n+]4CCCS(=O)(=O)[O-])C3(C)C)C(C)(C)C2=C1. The standard InChI is InChI=1S/C37H46N6O14S2/c1-36(2)26-18-24(34(48)40(5)56-22-30(44)45)20-42(14-10-16-58(50,51)52)32(26)38-28(36)12-8-7-9-13-29-37(3,4)27-19-25(35(49)41(6)57-23-31(46)47)21-43(33(27)39-29)15-11-17-59(53,54)55/h7-9,12-13,18-21H,10-11,14-17,22-23H2,1-6H3,(H3-,44,45,46,47,50,51,52,53,54,55). The van der Waals surface area contributed by atoms with Crippen molar-refractivity contribution in [2.24, 2.45) is 15.4 Å². The number of rotatable bonds is 19. The van der Waals surface area contributed by atoms with Gasteiger partial charge in [0.25, 0.3) is 21.9 Å². The molecule has 0 saturated carbocycles. The number of carbonyl (C=O) groups excluding carboxylic acids is 2. The maximum atomic E-state index is 13.2. The van der Waals surface area contributed by atoms with Gasteiger partial charge in [0.2, 0.25) is 0 Å². The number of hydrogen-bond donors (Lipinski definition) is 3. The Morgan fingerprint density at radius 3 is 2.12 bits per heavy atom. The van der Waals surface area contributed by atoms with E-state index in [1.165, 1.54) is 26.5 Å². The summed E-state index contributed by atoms with van der Waals surface area (Å²) in [6.45, 7) is 6.09. The van der Waals surface area contributed by atoms with Gasteiger partial charge in [0, 0.05) is 43.6 Å². The van der Waals surface area contributed by atoms with Gasteiger partial charge in [0.15, 0.2) is 18.9 Å². The molecule has 1 aromatic heterocycles. The second-order valence-corrected chi connectivity index (χ2v) is 17.8. The van der Waals surface area contributed by atoms with Crippen molar-refractivity contribution in [2.45, 2.75) is 52.5 Å². The lowest BCUT2D eigenvalue weighted by molar-refractivity contribution is -0.684. The summed E-state index contributed by atoms with van der Waals surface area (Å²) < 4.78 is 67.7. The van der Waals surface area contributed by atoms with Gasteiger partial charge in [-0.05, 0) is 56.0 Å². The van der Waals surface area contributed by atoms with Crippen LogP contribution in [0.5, 0.6) is 0 Å². The Morgan fingerprint density at radius 1 is 0.898 bits per heavy atom. The maximum Gasteiger partial charge on any atom is 0.332 e. The number of carboxylic acids is 2. The number of aryl methyl sites for hydroxylation is 1. The molecule has 3 N–H and O–H groups in total. The third-order valence-corrected chi connectivity index (χ3v) is 11.0. The van der Waals surface area contributed by atoms with E-state index in [0.717, 1.165) is 10.1 Å². The van der Waals surface area contributed by atoms with Crippen molar-refractivity contribution < 1.29 is 69.6 Å². The van der Waals surface area contributed by atoms with Crippen LogP contribution in [0.25, 0.3) is 0 Å². The normalized spacial score (nSPS) is 17.7. The number of fused-ring (bicyclic) bond motifs is 2. The Labute approximate surface area is 341 Å². The first kappa shape index (κ1) is 46.3. The lowest BCUT2D eigenvalue weighted by Gasteiger charge is -2.31. The molecule has 1 aromatic rings. The van der Waals surface area contributed by atoms with Gasteiger partial charge < -0.3 is 19.7 Å². The molecule has 0 unspecified atom stereocenters. The van der Waals surface area contributed by atoms with Gasteiger partial charge in [0.1, 0.15) is 12.0 Å². The smallest absolute Gasteiger partial charge is 0.332 e. The zero-order valence-electron chi connectivity index (χ0n) is 33.2. The van der Waals surface area contributed by atoms with Crippen molar-refractivity contribution in [3.05, 3.63) is 82.9 Å². The van der Waals surface area contributed by atoms with E-state index < -0.39 is 79.5 Å². The number of nitrogens with zero attached hydrogens (tertiary/aromatic N) is 6. The number of amidine groups is 1. The first-order valence-corrected chi connectivity index (χ1v) is 21.2. The average molecular weight is 863 g/mol. The van der Waals surface area contributed by atoms with Gasteiger partial charge in [-0.25, -0.2) is 37.7 Å². The highest BCUT2D eigenvalue weighted by atomic mass is 32.2. The van der Waals surface area contributed by atoms with Crippen LogP contribution < -0.4 is 4.57 Å². The highest BCUT2D eigenvalue weighted by Crippen LogP contribution is 2.45. The summed E-state index contributed by atoms with van der Waals surface area (Å²) in [4.78, 5) is 69.7. The van der Waals surface area contributed by atoms with Gasteiger partial charge in [-0.2, -0.15) is 8.42 Å². The number of hydroxylamine groups is 4. The summed E-state index contributed by atoms with van der Waals surface area (Å²) in [6.07, 6.45) is 13.1. The minimum absolute atomic E-state index is 0.000654. The molecule has 0 atom stereocenters. The van der Waals surface area contributed by atoms with Crippen LogP contribution in [0.4, 0.5) is 5.82 Å². The topological polar surface area (TPSA) is 277 Å². The molecule has 4 rings (SSSR count). The molecule has 59 heavy (non-hydrogen) atoms. The summed E-state index contributed by atoms with van der Waals surface area (Å²) >= 11 is 0. The van der Waals surface area contributed by atoms with Crippen LogP contribution in [0.15, 0.2) is 81.7 Å². The first-order chi connectivity index (χ1) is 27.3. The number of amides is 2. The van der Waals surface area contributed by atoms with Gasteiger partial charge in [-0.15, -0.1) is 0 Å². The lowest BCUT2D eigenvalue weighted by Crippen LogP contribution is -2.39. The quantitative estimate of drug-likeness (QED) is 0.0772. The molecular formula is C37H46N6O14S2. The number of aromatic nitrogens is 1. The fourth-order valence-corrected chi connectivity index (χ4v) is 7.25. The second-order valence-electron chi connectivity index (χ2n) is 14.7. The van der Waals surface area contributed by atoms with Gasteiger partial charge in [0.05, 0.1) is 50.2 Å². The molecule has 320 valence electrons. The van der Waals surface area contributed by atoms with Crippen LogP contribution in [0.2, 0.25) is 0 Å². The second kappa shape index (κ2) is 18.3. The van der Waals surface area contributed by atoms with E-state index in [0.29, 0.717) is 34.2 Å². The van der Waals surface area contributed by atoms with E-state index in [-0.39, 0.29) is 37.1 Å². The maximum absolute atomic E-state index is 13.2. The van der Waals surface area contributed by atoms with Gasteiger partial charge >= 0.3 is 17.8 Å². The minimum atomic E-state index is -4.51. The third-order valence-electron chi connectivity index (χ3n) is 9.45. The van der Waals surface area contributed by atoms with Crippen LogP contribution in [-0.4, -0.2) is 132 Å². The van der Waals surface area contributed by atoms with Crippen molar-refractivity contribution in [3.8, 4) is 0 Å². The zero-order valence-corrected chi connectivity index (χ0v) is 34.8. The fraction of sp³-hybridized carbons (Fsp3) is 0.432. The predicted octanol–water partition coefficient (Wildman–Crippen LogP) is 1.67. The van der Waals surface area contributed by atoms with Crippen LogP contribution >= 0.6 is 0 Å². The number of aliphatic imine (C=N–C) groups is 2. The Hall–Kier alpha value is -5.39. The highest BCUT2D eigenvalue weighted by molar-refractivity contribution is 7.85. The van der Waals surface area contributed by atoms with Crippen LogP contribution in [0.1, 0.15) is 56.5 Å². The molecular weight excluding hydrogens is 817 g/mol. The molecule has 0 saturated heterocycles. The average Bonchev–Trinajstić information content (AvgIpc) is 3.54. The number of hydrogen-bond acceptors (Lipinski definition) is 14. The molecule has 22 heteroatoms. The summed E-state index contributed by atoms with van der Waals surface area (Å²) in [5.74, 6) is -4.18. The van der Waals surface area contributed by atoms with Gasteiger partial charge in [-0.3, -0.25) is 23.8 Å². The minimum Gasteiger partial charge on any atom is -0.748 e. The van der Waals surface area contributed by atoms with Crippen molar-refractivity contribution in [1.29, 1.82) is 0 Å². The first-order valence-electron chi connectivity index (χ1n) is 18.0. The Balaban J connectivity index is 1.61. The van der Waals surface area contributed by atoms with Crippen molar-refractivity contribution in [1.82, 2.24) is 15.0 Å². The van der Waals surface area contributed by atoms with E-state index in [2.05, 4.69) is 0 Å². The Morgan fingerprint density at radius 2 is 1.53 bits per heavy atom. The number of allylic oxidation sites excluding steroid dienone is 6.